The number of Topliss-reactive ketones (excluding diaryl/α,β-unsaturated/α-hetero) is 1. The van der Waals surface area contributed by atoms with Gasteiger partial charge in [-0.3, -0.25) is 9.59 Å². The third kappa shape index (κ3) is 3.78. The predicted molar refractivity (Wildman–Crippen MR) is 50.7 cm³/mol. The summed E-state index contributed by atoms with van der Waals surface area (Å²) in [5.41, 5.74) is 7.25. The number of nitrogens with one attached hydrogen (secondary N) is 2. The first kappa shape index (κ1) is 15.5. The molecule has 5 nitrogen and oxygen atoms in total. The molecule has 15 heavy (non-hydrogen) atoms. The number of ether oxygens (including phenoxy) is 1. The molecule has 83 valence electrons. The Hall–Kier alpha value is 0.502. The summed E-state index contributed by atoms with van der Waals surface area (Å²) in [6.45, 7) is 1.57. The molecule has 1 aliphatic heterocycles. The zero-order chi connectivity index (χ0) is 10.7. The van der Waals surface area contributed by atoms with Crippen molar-refractivity contribution in [1.29, 1.82) is 0 Å². The number of carbonyl (C=O) groups excluding carboxylic acids is 2. The van der Waals surface area contributed by atoms with Gasteiger partial charge in [0.1, 0.15) is 5.78 Å². The van der Waals surface area contributed by atoms with Crippen molar-refractivity contribution in [3.05, 3.63) is 5.73 Å². The molecule has 2 N–H and O–H groups in total. The van der Waals surface area contributed by atoms with Gasteiger partial charge in [0.15, 0.2) is 0 Å². The van der Waals surface area contributed by atoms with Gasteiger partial charge in [0.2, 0.25) is 0 Å². The molecule has 0 bridgehead atoms. The first-order chi connectivity index (χ1) is 6.60. The van der Waals surface area contributed by atoms with Crippen LogP contribution in [0.15, 0.2) is 0 Å². The predicted octanol–water partition coefficient (Wildman–Crippen LogP) is 0.147. The fraction of sp³-hybridized carbons (Fsp3) is 0.778. The van der Waals surface area contributed by atoms with Crippen LogP contribution in [0.2, 0.25) is 0 Å². The number of hydrogen-bond acceptors (Lipinski definition) is 4. The normalized spacial score (nSPS) is 29.4. The topological polar surface area (TPSA) is 79.2 Å². The number of esters is 1. The van der Waals surface area contributed by atoms with E-state index >= 15 is 0 Å². The maximum atomic E-state index is 11.3. The SMILES string of the molecule is COC(=O)C1CC(C(C)=O)NC1C[NH-].[Ac]. The fourth-order valence-electron chi connectivity index (χ4n) is 1.76. The molecule has 1 fully saturated rings. The van der Waals surface area contributed by atoms with Crippen LogP contribution in [0.25, 0.3) is 5.73 Å². The first-order valence-electron chi connectivity index (χ1n) is 4.59. The molecular weight excluding hydrogens is 411 g/mol. The third-order valence-corrected chi connectivity index (χ3v) is 2.61. The Balaban J connectivity index is 0.00000196. The molecule has 0 amide bonds. The van der Waals surface area contributed by atoms with Crippen LogP contribution in [-0.2, 0) is 14.3 Å². The molecule has 0 aliphatic carbocycles. The van der Waals surface area contributed by atoms with E-state index < -0.39 is 0 Å². The average molecular weight is 426 g/mol. The Bertz CT molecular complexity index is 248. The molecule has 0 aromatic carbocycles. The first-order valence-corrected chi connectivity index (χ1v) is 4.59. The quantitative estimate of drug-likeness (QED) is 0.652. The van der Waals surface area contributed by atoms with E-state index in [0.29, 0.717) is 6.42 Å². The van der Waals surface area contributed by atoms with Crippen LogP contribution in [0.4, 0.5) is 0 Å². The summed E-state index contributed by atoms with van der Waals surface area (Å²) in [6, 6.07) is -0.550. The molecule has 1 rings (SSSR count). The number of carbonyl (C=O) groups is 2. The van der Waals surface area contributed by atoms with Crippen molar-refractivity contribution in [3.8, 4) is 0 Å². The van der Waals surface area contributed by atoms with Crippen LogP contribution in [-0.4, -0.2) is 37.5 Å². The van der Waals surface area contributed by atoms with E-state index in [1.54, 1.807) is 0 Å². The summed E-state index contributed by atoms with van der Waals surface area (Å²) < 4.78 is 4.62. The van der Waals surface area contributed by atoms with Crippen molar-refractivity contribution in [2.45, 2.75) is 25.4 Å². The average Bonchev–Trinajstić information content (AvgIpc) is 2.60. The van der Waals surface area contributed by atoms with Crippen molar-refractivity contribution in [3.63, 3.8) is 0 Å². The van der Waals surface area contributed by atoms with E-state index in [-0.39, 0.29) is 80.4 Å². The second-order valence-corrected chi connectivity index (χ2v) is 3.51. The molecule has 0 spiro atoms. The van der Waals surface area contributed by atoms with Gasteiger partial charge in [0.25, 0.3) is 0 Å². The number of rotatable bonds is 3. The van der Waals surface area contributed by atoms with Crippen LogP contribution in [0.5, 0.6) is 0 Å². The van der Waals surface area contributed by atoms with Gasteiger partial charge in [-0.25, -0.2) is 0 Å². The van der Waals surface area contributed by atoms with Crippen molar-refractivity contribution < 1.29 is 58.4 Å². The van der Waals surface area contributed by atoms with E-state index in [2.05, 4.69) is 10.1 Å². The number of hydrogen-bond donors (Lipinski definition) is 1. The van der Waals surface area contributed by atoms with Crippen LogP contribution in [0.3, 0.4) is 0 Å². The third-order valence-electron chi connectivity index (χ3n) is 2.61. The number of methoxy groups -OCH3 is 1. The van der Waals surface area contributed by atoms with Crippen molar-refractivity contribution in [2.75, 3.05) is 13.7 Å². The largest absolute Gasteiger partial charge is 0.676 e. The monoisotopic (exact) mass is 426 g/mol. The van der Waals surface area contributed by atoms with E-state index in [1.165, 1.54) is 14.0 Å². The molecule has 6 heteroatoms. The fourth-order valence-corrected chi connectivity index (χ4v) is 1.76. The Morgan fingerprint density at radius 2 is 2.13 bits per heavy atom. The summed E-state index contributed by atoms with van der Waals surface area (Å²) in [5, 5.41) is 2.97. The molecule has 1 radical (unpaired) electrons. The molecule has 1 heterocycles. The van der Waals surface area contributed by atoms with Crippen LogP contribution < -0.4 is 5.32 Å². The Morgan fingerprint density at radius 3 is 2.53 bits per heavy atom. The summed E-state index contributed by atoms with van der Waals surface area (Å²) in [7, 11) is 1.32. The minimum absolute atomic E-state index is 0. The minimum atomic E-state index is -0.355. The molecule has 0 aromatic heterocycles. The van der Waals surface area contributed by atoms with Gasteiger partial charge in [-0.15, -0.1) is 6.54 Å². The summed E-state index contributed by atoms with van der Waals surface area (Å²) >= 11 is 0. The summed E-state index contributed by atoms with van der Waals surface area (Å²) in [6.07, 6.45) is 0.450. The Morgan fingerprint density at radius 1 is 1.53 bits per heavy atom. The van der Waals surface area contributed by atoms with Crippen molar-refractivity contribution in [1.82, 2.24) is 5.32 Å². The second kappa shape index (κ2) is 6.95. The molecule has 1 aliphatic rings. The van der Waals surface area contributed by atoms with Gasteiger partial charge in [0, 0.05) is 50.1 Å². The second-order valence-electron chi connectivity index (χ2n) is 3.51. The number of ketones is 1. The molecular formula is C9H15AcN2O3-. The molecule has 1 saturated heterocycles. The standard InChI is InChI=1S/C9H15N2O3.Ac/c1-5(12)7-3-6(9(13)14-2)8(4-10)11-7;/h6-8,10-11H,3-4H2,1-2H3;/q-1;. The van der Waals surface area contributed by atoms with Gasteiger partial charge in [-0.2, -0.15) is 0 Å². The van der Waals surface area contributed by atoms with Gasteiger partial charge >= 0.3 is 5.97 Å². The Kier molecular flexibility index (Phi) is 7.18. The van der Waals surface area contributed by atoms with E-state index in [4.69, 9.17) is 5.73 Å². The van der Waals surface area contributed by atoms with Gasteiger partial charge in [-0.05, 0) is 13.3 Å². The molecule has 0 saturated carbocycles. The molecule has 0 aromatic rings. The van der Waals surface area contributed by atoms with Crippen LogP contribution >= 0.6 is 0 Å². The Labute approximate surface area is 125 Å². The van der Waals surface area contributed by atoms with Gasteiger partial charge < -0.3 is 15.8 Å². The van der Waals surface area contributed by atoms with Crippen molar-refractivity contribution in [2.24, 2.45) is 5.92 Å². The van der Waals surface area contributed by atoms with Crippen LogP contribution in [0, 0.1) is 50.0 Å². The van der Waals surface area contributed by atoms with E-state index in [9.17, 15) is 9.59 Å². The maximum Gasteiger partial charge on any atom is 0.310 e. The smallest absolute Gasteiger partial charge is 0.310 e. The van der Waals surface area contributed by atoms with E-state index in [1.807, 2.05) is 0 Å². The maximum absolute atomic E-state index is 11.3. The van der Waals surface area contributed by atoms with Gasteiger partial charge in [0.05, 0.1) is 19.1 Å². The van der Waals surface area contributed by atoms with Gasteiger partial charge in [-0.1, -0.05) is 0 Å². The van der Waals surface area contributed by atoms with Crippen LogP contribution in [0.1, 0.15) is 13.3 Å². The van der Waals surface area contributed by atoms with Crippen molar-refractivity contribution >= 4 is 11.8 Å². The zero-order valence-electron chi connectivity index (χ0n) is 8.95. The molecule has 3 atom stereocenters. The zero-order valence-corrected chi connectivity index (χ0v) is 13.7. The summed E-state index contributed by atoms with van der Waals surface area (Å²) in [5.74, 6) is -0.681. The van der Waals surface area contributed by atoms with E-state index in [0.717, 1.165) is 0 Å². The summed E-state index contributed by atoms with van der Waals surface area (Å²) in [4.78, 5) is 22.4. The minimum Gasteiger partial charge on any atom is -0.676 e. The molecule has 3 unspecified atom stereocenters.